The highest BCUT2D eigenvalue weighted by atomic mass is 15.1. The van der Waals surface area contributed by atoms with Gasteiger partial charge in [-0.05, 0) is 6.07 Å². The molecule has 1 rings (SSSR count). The maximum Gasteiger partial charge on any atom is 0.221 e. The summed E-state index contributed by atoms with van der Waals surface area (Å²) in [5.41, 5.74) is 5.27. The van der Waals surface area contributed by atoms with Gasteiger partial charge < -0.3 is 11.1 Å². The minimum Gasteiger partial charge on any atom is -0.373 e. The quantitative estimate of drug-likeness (QED) is 0.557. The van der Waals surface area contributed by atoms with E-state index in [4.69, 9.17) is 5.73 Å². The van der Waals surface area contributed by atoms with Crippen LogP contribution in [0.2, 0.25) is 0 Å². The van der Waals surface area contributed by atoms with Crippen molar-refractivity contribution in [2.45, 2.75) is 0 Å². The zero-order valence-corrected chi connectivity index (χ0v) is 5.13. The van der Waals surface area contributed by atoms with Crippen LogP contribution in [0.4, 0.5) is 11.8 Å². The predicted molar refractivity (Wildman–Crippen MR) is 36.0 cm³/mol. The normalized spacial score (nSPS) is 9.00. The van der Waals surface area contributed by atoms with Crippen LogP contribution in [0.25, 0.3) is 0 Å². The number of hydrogen-bond acceptors (Lipinski definition) is 4. The second kappa shape index (κ2) is 2.30. The van der Waals surface area contributed by atoms with Crippen molar-refractivity contribution < 1.29 is 0 Å². The lowest BCUT2D eigenvalue weighted by Gasteiger charge is -1.96. The van der Waals surface area contributed by atoms with Crippen LogP contribution in [0.15, 0.2) is 12.3 Å². The van der Waals surface area contributed by atoms with E-state index < -0.39 is 0 Å². The maximum absolute atomic E-state index is 5.27. The molecule has 0 aliphatic carbocycles. The molecule has 4 heteroatoms. The van der Waals surface area contributed by atoms with Gasteiger partial charge in [0.05, 0.1) is 0 Å². The Kier molecular flexibility index (Phi) is 1.48. The van der Waals surface area contributed by atoms with Crippen LogP contribution in [0.5, 0.6) is 0 Å². The highest BCUT2D eigenvalue weighted by molar-refractivity contribution is 5.36. The number of nitrogen functional groups attached to an aromatic ring is 1. The molecule has 0 aliphatic rings. The van der Waals surface area contributed by atoms with Gasteiger partial charge in [0.25, 0.3) is 0 Å². The van der Waals surface area contributed by atoms with Crippen LogP contribution in [0.1, 0.15) is 0 Å². The Bertz CT molecular complexity index is 198. The standard InChI is InChI=1S/C5H8N4/c1-7-4-2-3-8-5(6)9-4/h2-3H,1H3,(H3,6,7,8,9). The summed E-state index contributed by atoms with van der Waals surface area (Å²) in [5, 5.41) is 2.84. The minimum atomic E-state index is 0.293. The lowest BCUT2D eigenvalue weighted by atomic mass is 10.6. The second-order valence-electron chi connectivity index (χ2n) is 1.55. The molecule has 0 atom stereocenters. The summed E-state index contributed by atoms with van der Waals surface area (Å²) in [6.45, 7) is 0. The van der Waals surface area contributed by atoms with Gasteiger partial charge in [-0.2, -0.15) is 4.98 Å². The Hall–Kier alpha value is -1.32. The number of anilines is 2. The molecule has 4 nitrogen and oxygen atoms in total. The van der Waals surface area contributed by atoms with E-state index in [1.165, 1.54) is 0 Å². The first kappa shape index (κ1) is 5.81. The van der Waals surface area contributed by atoms with E-state index in [1.807, 2.05) is 0 Å². The van der Waals surface area contributed by atoms with Gasteiger partial charge in [-0.15, -0.1) is 0 Å². The molecule has 0 unspecified atom stereocenters. The number of hydrogen-bond donors (Lipinski definition) is 2. The molecule has 48 valence electrons. The van der Waals surface area contributed by atoms with E-state index in [-0.39, 0.29) is 0 Å². The van der Waals surface area contributed by atoms with Gasteiger partial charge in [0.2, 0.25) is 5.95 Å². The Morgan fingerprint density at radius 2 is 2.44 bits per heavy atom. The smallest absolute Gasteiger partial charge is 0.221 e. The van der Waals surface area contributed by atoms with Crippen molar-refractivity contribution in [3.8, 4) is 0 Å². The Morgan fingerprint density at radius 3 is 2.89 bits per heavy atom. The first-order valence-corrected chi connectivity index (χ1v) is 2.59. The molecule has 0 aromatic carbocycles. The summed E-state index contributed by atoms with van der Waals surface area (Å²) in [6, 6.07) is 1.75. The minimum absolute atomic E-state index is 0.293. The number of nitrogens with zero attached hydrogens (tertiary/aromatic N) is 2. The van der Waals surface area contributed by atoms with E-state index in [9.17, 15) is 0 Å². The van der Waals surface area contributed by atoms with Crippen molar-refractivity contribution in [1.29, 1.82) is 0 Å². The van der Waals surface area contributed by atoms with Crippen molar-refractivity contribution in [1.82, 2.24) is 9.97 Å². The SMILES string of the molecule is CNc1ccnc(N)n1. The van der Waals surface area contributed by atoms with Gasteiger partial charge in [-0.3, -0.25) is 0 Å². The average molecular weight is 124 g/mol. The summed E-state index contributed by atoms with van der Waals surface area (Å²) < 4.78 is 0. The molecule has 0 amide bonds. The van der Waals surface area contributed by atoms with Crippen LogP contribution < -0.4 is 11.1 Å². The number of rotatable bonds is 1. The van der Waals surface area contributed by atoms with Gasteiger partial charge in [-0.1, -0.05) is 0 Å². The zero-order valence-electron chi connectivity index (χ0n) is 5.13. The Morgan fingerprint density at radius 1 is 1.67 bits per heavy atom. The molecule has 0 bridgehead atoms. The lowest BCUT2D eigenvalue weighted by Crippen LogP contribution is -1.97. The van der Waals surface area contributed by atoms with E-state index in [1.54, 1.807) is 19.3 Å². The van der Waals surface area contributed by atoms with Gasteiger partial charge in [0.15, 0.2) is 0 Å². The van der Waals surface area contributed by atoms with E-state index in [0.29, 0.717) is 5.95 Å². The van der Waals surface area contributed by atoms with Crippen LogP contribution in [-0.2, 0) is 0 Å². The van der Waals surface area contributed by atoms with Crippen LogP contribution in [-0.4, -0.2) is 17.0 Å². The number of aromatic nitrogens is 2. The summed E-state index contributed by atoms with van der Waals surface area (Å²) in [6.07, 6.45) is 1.61. The fourth-order valence-corrected chi connectivity index (χ4v) is 0.513. The monoisotopic (exact) mass is 124 g/mol. The first-order valence-electron chi connectivity index (χ1n) is 2.59. The molecular formula is C5H8N4. The largest absolute Gasteiger partial charge is 0.373 e. The molecule has 3 N–H and O–H groups in total. The first-order chi connectivity index (χ1) is 4.33. The molecule has 1 aromatic heterocycles. The highest BCUT2D eigenvalue weighted by Crippen LogP contribution is 1.99. The Balaban J connectivity index is 2.94. The number of nitrogens with one attached hydrogen (secondary N) is 1. The predicted octanol–water partition coefficient (Wildman–Crippen LogP) is 0.100. The summed E-state index contributed by atoms with van der Waals surface area (Å²) >= 11 is 0. The van der Waals surface area contributed by atoms with Crippen LogP contribution in [0, 0.1) is 0 Å². The summed E-state index contributed by atoms with van der Waals surface area (Å²) in [7, 11) is 1.78. The van der Waals surface area contributed by atoms with Crippen molar-refractivity contribution in [2.24, 2.45) is 0 Å². The fourth-order valence-electron chi connectivity index (χ4n) is 0.513. The van der Waals surface area contributed by atoms with Gasteiger partial charge in [-0.25, -0.2) is 4.98 Å². The number of nitrogens with two attached hydrogens (primary N) is 1. The van der Waals surface area contributed by atoms with Crippen molar-refractivity contribution in [3.63, 3.8) is 0 Å². The molecule has 1 heterocycles. The van der Waals surface area contributed by atoms with E-state index >= 15 is 0 Å². The van der Waals surface area contributed by atoms with E-state index in [2.05, 4.69) is 15.3 Å². The molecule has 9 heavy (non-hydrogen) atoms. The third kappa shape index (κ3) is 1.28. The molecule has 0 radical (unpaired) electrons. The third-order valence-electron chi connectivity index (χ3n) is 0.930. The molecule has 1 aromatic rings. The molecule has 0 aliphatic heterocycles. The summed E-state index contributed by atoms with van der Waals surface area (Å²) in [5.74, 6) is 1.03. The second-order valence-corrected chi connectivity index (χ2v) is 1.55. The molecule has 0 spiro atoms. The van der Waals surface area contributed by atoms with Gasteiger partial charge in [0, 0.05) is 13.2 Å². The molecule has 0 fully saturated rings. The lowest BCUT2D eigenvalue weighted by molar-refractivity contribution is 1.18. The highest BCUT2D eigenvalue weighted by Gasteiger charge is 1.88. The average Bonchev–Trinajstić information content (AvgIpc) is 1.88. The van der Waals surface area contributed by atoms with Crippen molar-refractivity contribution >= 4 is 11.8 Å². The molecular weight excluding hydrogens is 116 g/mol. The Labute approximate surface area is 53.1 Å². The van der Waals surface area contributed by atoms with Gasteiger partial charge >= 0.3 is 0 Å². The van der Waals surface area contributed by atoms with Crippen LogP contribution in [0.3, 0.4) is 0 Å². The van der Waals surface area contributed by atoms with Crippen molar-refractivity contribution in [3.05, 3.63) is 12.3 Å². The van der Waals surface area contributed by atoms with Crippen LogP contribution >= 0.6 is 0 Å². The molecule has 0 saturated heterocycles. The van der Waals surface area contributed by atoms with E-state index in [0.717, 1.165) is 5.82 Å². The topological polar surface area (TPSA) is 63.8 Å². The zero-order chi connectivity index (χ0) is 6.69. The van der Waals surface area contributed by atoms with Crippen molar-refractivity contribution in [2.75, 3.05) is 18.1 Å². The maximum atomic E-state index is 5.27. The van der Waals surface area contributed by atoms with Gasteiger partial charge in [0.1, 0.15) is 5.82 Å². The fraction of sp³-hybridized carbons (Fsp3) is 0.200. The third-order valence-corrected chi connectivity index (χ3v) is 0.930. The molecule has 0 saturated carbocycles. The summed E-state index contributed by atoms with van der Waals surface area (Å²) in [4.78, 5) is 7.56.